The van der Waals surface area contributed by atoms with Gasteiger partial charge in [-0.3, -0.25) is 0 Å². The van der Waals surface area contributed by atoms with E-state index in [2.05, 4.69) is 44.4 Å². The Labute approximate surface area is 186 Å². The molecule has 0 saturated heterocycles. The van der Waals surface area contributed by atoms with Crippen LogP contribution in [0.1, 0.15) is 108 Å². The summed E-state index contributed by atoms with van der Waals surface area (Å²) >= 11 is 0. The first-order valence-corrected chi connectivity index (χ1v) is 14.4. The number of unbranched alkanes of at least 4 members (excludes halogenated alkanes) is 15. The van der Waals surface area contributed by atoms with Gasteiger partial charge in [0.05, 0.1) is 20.6 Å². The lowest BCUT2D eigenvalue weighted by Crippen LogP contribution is -2.39. The van der Waals surface area contributed by atoms with Crippen LogP contribution in [0, 0.1) is 0 Å². The second-order valence-electron chi connectivity index (χ2n) is 9.96. The van der Waals surface area contributed by atoms with Gasteiger partial charge in [-0.1, -0.05) is 126 Å². The highest BCUT2D eigenvalue weighted by Crippen LogP contribution is 2.15. The molecule has 0 aliphatic carbocycles. The van der Waals surface area contributed by atoms with E-state index in [1.165, 1.54) is 131 Å². The molecule has 0 bridgehead atoms. The minimum atomic E-state index is 1.12. The van der Waals surface area contributed by atoms with Crippen molar-refractivity contribution in [3.8, 4) is 0 Å². The maximum Gasteiger partial charge on any atom is 0.104 e. The van der Waals surface area contributed by atoms with E-state index < -0.39 is 0 Å². The fraction of sp³-hybridized carbons (Fsp3) is 0.778. The fourth-order valence-electron chi connectivity index (χ4n) is 4.42. The third-order valence-electron chi connectivity index (χ3n) is 6.32. The van der Waals surface area contributed by atoms with Gasteiger partial charge in [0.15, 0.2) is 0 Å². The van der Waals surface area contributed by atoms with Crippen LogP contribution in [0.15, 0.2) is 30.3 Å². The Bertz CT molecular complexity index is 457. The first-order valence-electron chi connectivity index (χ1n) is 13.0. The summed E-state index contributed by atoms with van der Waals surface area (Å²) in [6.45, 7) is 2.45. The fourth-order valence-corrected chi connectivity index (χ4v) is 4.92. The van der Waals surface area contributed by atoms with Crippen molar-refractivity contribution in [1.29, 1.82) is 0 Å². The molecule has 0 radical (unpaired) electrons. The first kappa shape index (κ1) is 26.4. The maximum atomic E-state index is 2.38. The molecule has 0 spiro atoms. The zero-order valence-electron chi connectivity index (χ0n) is 20.3. The number of hydrogen-bond acceptors (Lipinski definition) is 0. The maximum absolute atomic E-state index is 2.38. The van der Waals surface area contributed by atoms with Gasteiger partial charge in [-0.05, 0) is 12.8 Å². The predicted octanol–water partition coefficient (Wildman–Crippen LogP) is 7.29. The molecule has 0 fully saturated rings. The van der Waals surface area contributed by atoms with Crippen LogP contribution in [-0.2, 0) is 6.54 Å². The summed E-state index contributed by atoms with van der Waals surface area (Å²) < 4.78 is 1.12. The Morgan fingerprint density at radius 1 is 0.552 bits per heavy atom. The van der Waals surface area contributed by atoms with Gasteiger partial charge in [-0.15, -0.1) is 0 Å². The molecular formula is C27H52NSi+. The molecule has 0 atom stereocenters. The lowest BCUT2D eigenvalue weighted by molar-refractivity contribution is -0.903. The van der Waals surface area contributed by atoms with Crippen molar-refractivity contribution in [1.82, 2.24) is 0 Å². The molecule has 0 aliphatic heterocycles. The quantitative estimate of drug-likeness (QED) is 0.118. The summed E-state index contributed by atoms with van der Waals surface area (Å²) in [5.74, 6) is 0. The van der Waals surface area contributed by atoms with Crippen LogP contribution in [0.4, 0.5) is 0 Å². The second kappa shape index (κ2) is 18.2. The summed E-state index contributed by atoms with van der Waals surface area (Å²) in [5.41, 5.74) is 1.46. The summed E-state index contributed by atoms with van der Waals surface area (Å²) in [6.07, 6.45) is 23.5. The molecule has 0 heterocycles. The van der Waals surface area contributed by atoms with Crippen molar-refractivity contribution in [2.45, 2.75) is 115 Å². The molecule has 0 saturated carbocycles. The highest BCUT2D eigenvalue weighted by Gasteiger charge is 2.14. The minimum Gasteiger partial charge on any atom is -0.325 e. The first-order chi connectivity index (χ1) is 14.1. The third kappa shape index (κ3) is 16.8. The van der Waals surface area contributed by atoms with Crippen molar-refractivity contribution >= 4 is 10.2 Å². The molecule has 0 unspecified atom stereocenters. The number of nitrogens with zero attached hydrogens (tertiary/aromatic N) is 1. The molecule has 1 aromatic carbocycles. The van der Waals surface area contributed by atoms with E-state index in [9.17, 15) is 0 Å². The minimum absolute atomic E-state index is 1.12. The van der Waals surface area contributed by atoms with Crippen molar-refractivity contribution in [2.24, 2.45) is 0 Å². The van der Waals surface area contributed by atoms with E-state index in [1.807, 2.05) is 0 Å². The molecule has 29 heavy (non-hydrogen) atoms. The Kier molecular flexibility index (Phi) is 16.6. The largest absolute Gasteiger partial charge is 0.325 e. The lowest BCUT2D eigenvalue weighted by atomic mass is 10.0. The standard InChI is InChI=1S/C27H52NSi/c1-28(2,26-27-22-18-17-19-23-27)24-20-15-13-11-9-7-5-3-4-6-8-10-12-14-16-21-25-29/h17-19,22-23H,3-16,20-21,24-26H2,1-2,29H3/q+1. The highest BCUT2D eigenvalue weighted by molar-refractivity contribution is 6.08. The van der Waals surface area contributed by atoms with E-state index in [0.29, 0.717) is 0 Å². The number of quaternary nitrogens is 1. The second-order valence-corrected chi connectivity index (χ2v) is 11.0. The van der Waals surface area contributed by atoms with Gasteiger partial charge in [0, 0.05) is 15.8 Å². The molecule has 0 amide bonds. The van der Waals surface area contributed by atoms with Crippen molar-refractivity contribution in [3.05, 3.63) is 35.9 Å². The average molecular weight is 419 g/mol. The Hall–Kier alpha value is -0.603. The molecule has 0 N–H and O–H groups in total. The van der Waals surface area contributed by atoms with Crippen LogP contribution >= 0.6 is 0 Å². The summed E-state index contributed by atoms with van der Waals surface area (Å²) in [7, 11) is 6.15. The van der Waals surface area contributed by atoms with Gasteiger partial charge >= 0.3 is 0 Å². The molecule has 168 valence electrons. The Morgan fingerprint density at radius 3 is 1.34 bits per heavy atom. The number of hydrogen-bond donors (Lipinski definition) is 0. The lowest BCUT2D eigenvalue weighted by Gasteiger charge is -2.30. The van der Waals surface area contributed by atoms with Crippen LogP contribution in [0.2, 0.25) is 6.04 Å². The van der Waals surface area contributed by atoms with Crippen LogP contribution in [0.3, 0.4) is 0 Å². The van der Waals surface area contributed by atoms with Gasteiger partial charge in [0.1, 0.15) is 6.54 Å². The normalized spacial score (nSPS) is 11.9. The van der Waals surface area contributed by atoms with Crippen LogP contribution in [0.25, 0.3) is 0 Å². The zero-order chi connectivity index (χ0) is 21.0. The molecule has 0 aliphatic rings. The van der Waals surface area contributed by atoms with Crippen molar-refractivity contribution in [2.75, 3.05) is 20.6 Å². The molecule has 1 rings (SSSR count). The van der Waals surface area contributed by atoms with Crippen LogP contribution in [-0.4, -0.2) is 35.4 Å². The monoisotopic (exact) mass is 418 g/mol. The van der Waals surface area contributed by atoms with E-state index in [4.69, 9.17) is 0 Å². The molecule has 0 aromatic heterocycles. The summed E-state index contributed by atoms with van der Waals surface area (Å²) in [6, 6.07) is 12.5. The molecule has 1 nitrogen and oxygen atoms in total. The van der Waals surface area contributed by atoms with E-state index in [0.717, 1.165) is 11.0 Å². The van der Waals surface area contributed by atoms with Gasteiger partial charge in [0.2, 0.25) is 0 Å². The van der Waals surface area contributed by atoms with E-state index in [-0.39, 0.29) is 0 Å². The zero-order valence-corrected chi connectivity index (χ0v) is 22.3. The molecular weight excluding hydrogens is 366 g/mol. The summed E-state index contributed by atoms with van der Waals surface area (Å²) in [5, 5.41) is 0. The van der Waals surface area contributed by atoms with E-state index >= 15 is 0 Å². The Morgan fingerprint density at radius 2 is 0.931 bits per heavy atom. The SMILES string of the molecule is C[N+](C)(CCCCCCCCCCCCCCCCCC[SiH3])Cc1ccccc1. The topological polar surface area (TPSA) is 0 Å². The van der Waals surface area contributed by atoms with Gasteiger partial charge in [-0.25, -0.2) is 0 Å². The third-order valence-corrected chi connectivity index (χ3v) is 7.03. The highest BCUT2D eigenvalue weighted by atomic mass is 28.1. The van der Waals surface area contributed by atoms with Gasteiger partial charge in [0.25, 0.3) is 0 Å². The molecule has 2 heteroatoms. The van der Waals surface area contributed by atoms with Crippen LogP contribution < -0.4 is 0 Å². The number of rotatable bonds is 20. The van der Waals surface area contributed by atoms with Crippen molar-refractivity contribution in [3.63, 3.8) is 0 Å². The number of benzene rings is 1. The smallest absolute Gasteiger partial charge is 0.104 e. The predicted molar refractivity (Wildman–Crippen MR) is 136 cm³/mol. The van der Waals surface area contributed by atoms with Gasteiger partial charge in [-0.2, -0.15) is 0 Å². The van der Waals surface area contributed by atoms with E-state index in [1.54, 1.807) is 0 Å². The average Bonchev–Trinajstić information content (AvgIpc) is 2.70. The van der Waals surface area contributed by atoms with Gasteiger partial charge < -0.3 is 4.48 Å². The van der Waals surface area contributed by atoms with Crippen molar-refractivity contribution < 1.29 is 4.48 Å². The molecule has 1 aromatic rings. The Balaban J connectivity index is 1.81. The summed E-state index contributed by atoms with van der Waals surface area (Å²) in [4.78, 5) is 0. The van der Waals surface area contributed by atoms with Crippen LogP contribution in [0.5, 0.6) is 0 Å².